The van der Waals surface area contributed by atoms with Gasteiger partial charge in [-0.1, -0.05) is 18.2 Å². The van der Waals surface area contributed by atoms with E-state index in [1.807, 2.05) is 36.2 Å². The van der Waals surface area contributed by atoms with Gasteiger partial charge >= 0.3 is 0 Å². The number of aromatic nitrogens is 3. The maximum Gasteiger partial charge on any atom is 0.272 e. The molecule has 0 aliphatic carbocycles. The molecule has 0 radical (unpaired) electrons. The molecule has 1 atom stereocenters. The average Bonchev–Trinajstić information content (AvgIpc) is 3.19. The number of carbonyl (C=O) groups is 1. The number of ether oxygens (including phenoxy) is 1. The first-order chi connectivity index (χ1) is 17.4. The molecule has 1 fully saturated rings. The number of amides is 1. The molecule has 1 unspecified atom stereocenters. The van der Waals surface area contributed by atoms with Crippen molar-refractivity contribution >= 4 is 5.91 Å². The molecule has 2 aromatic heterocycles. The third-order valence-corrected chi connectivity index (χ3v) is 7.67. The molecule has 1 aromatic carbocycles. The molecule has 0 saturated carbocycles. The van der Waals surface area contributed by atoms with Crippen LogP contribution in [0.1, 0.15) is 52.8 Å². The minimum atomic E-state index is -0.0239. The Hall–Kier alpha value is -3.19. The van der Waals surface area contributed by atoms with Crippen molar-refractivity contribution in [1.29, 1.82) is 0 Å². The predicted molar refractivity (Wildman–Crippen MR) is 142 cm³/mol. The van der Waals surface area contributed by atoms with Crippen molar-refractivity contribution in [2.45, 2.75) is 59.2 Å². The van der Waals surface area contributed by atoms with Crippen LogP contribution in [0.15, 0.2) is 48.7 Å². The van der Waals surface area contributed by atoms with E-state index in [0.717, 1.165) is 56.9 Å². The van der Waals surface area contributed by atoms with Crippen LogP contribution in [0.4, 0.5) is 0 Å². The molecule has 4 rings (SSSR count). The van der Waals surface area contributed by atoms with E-state index in [2.05, 4.69) is 47.5 Å². The van der Waals surface area contributed by atoms with Crippen molar-refractivity contribution in [1.82, 2.24) is 24.6 Å². The van der Waals surface area contributed by atoms with Crippen LogP contribution in [-0.4, -0.2) is 63.8 Å². The van der Waals surface area contributed by atoms with Gasteiger partial charge < -0.3 is 9.64 Å². The van der Waals surface area contributed by atoms with Crippen LogP contribution in [0, 0.1) is 19.8 Å². The zero-order valence-corrected chi connectivity index (χ0v) is 22.3. The standard InChI is InChI=1S/C29H39N5O2/c1-6-34-22(3)26(21(2)31-34)20-33-16-13-24(14-17-33)28(19-23-10-9-11-25(18-23)36-5)32(4)29(35)27-12-7-8-15-30-27/h7-12,15,18,24,28H,6,13-14,16-17,19-20H2,1-5H3. The molecule has 1 amide bonds. The van der Waals surface area contributed by atoms with Gasteiger partial charge in [0.2, 0.25) is 0 Å². The highest BCUT2D eigenvalue weighted by atomic mass is 16.5. The second kappa shape index (κ2) is 11.7. The van der Waals surface area contributed by atoms with Gasteiger partial charge in [0.1, 0.15) is 11.4 Å². The van der Waals surface area contributed by atoms with Gasteiger partial charge in [-0.05, 0) is 88.9 Å². The van der Waals surface area contributed by atoms with Gasteiger partial charge in [0.25, 0.3) is 5.91 Å². The van der Waals surface area contributed by atoms with E-state index >= 15 is 0 Å². The number of methoxy groups -OCH3 is 1. The Bertz CT molecular complexity index is 1150. The van der Waals surface area contributed by atoms with Gasteiger partial charge in [0.05, 0.1) is 12.8 Å². The lowest BCUT2D eigenvalue weighted by Crippen LogP contribution is -2.47. The Labute approximate surface area is 215 Å². The Kier molecular flexibility index (Phi) is 8.41. The summed E-state index contributed by atoms with van der Waals surface area (Å²) in [6.45, 7) is 10.3. The highest BCUT2D eigenvalue weighted by Crippen LogP contribution is 2.29. The number of rotatable bonds is 9. The Morgan fingerprint density at radius 3 is 2.58 bits per heavy atom. The van der Waals surface area contributed by atoms with E-state index in [1.54, 1.807) is 19.4 Å². The fraction of sp³-hybridized carbons (Fsp3) is 0.483. The Morgan fingerprint density at radius 2 is 1.94 bits per heavy atom. The number of nitrogens with zero attached hydrogens (tertiary/aromatic N) is 5. The van der Waals surface area contributed by atoms with Gasteiger partial charge in [0, 0.05) is 43.6 Å². The summed E-state index contributed by atoms with van der Waals surface area (Å²) in [5.74, 6) is 1.23. The monoisotopic (exact) mass is 489 g/mol. The molecule has 0 bridgehead atoms. The van der Waals surface area contributed by atoms with Crippen LogP contribution in [0.25, 0.3) is 0 Å². The molecule has 3 aromatic rings. The molecule has 192 valence electrons. The molecule has 1 aliphatic heterocycles. The van der Waals surface area contributed by atoms with Gasteiger partial charge in [-0.25, -0.2) is 0 Å². The highest BCUT2D eigenvalue weighted by Gasteiger charge is 2.32. The number of piperidine rings is 1. The fourth-order valence-corrected chi connectivity index (χ4v) is 5.47. The molecule has 1 saturated heterocycles. The molecule has 36 heavy (non-hydrogen) atoms. The van der Waals surface area contributed by atoms with Crippen LogP contribution in [0.5, 0.6) is 5.75 Å². The number of hydrogen-bond acceptors (Lipinski definition) is 5. The lowest BCUT2D eigenvalue weighted by Gasteiger charge is -2.40. The largest absolute Gasteiger partial charge is 0.497 e. The summed E-state index contributed by atoms with van der Waals surface area (Å²) in [7, 11) is 3.62. The molecular weight excluding hydrogens is 450 g/mol. The lowest BCUT2D eigenvalue weighted by molar-refractivity contribution is 0.0579. The number of likely N-dealkylation sites (tertiary alicyclic amines) is 1. The van der Waals surface area contributed by atoms with Crippen molar-refractivity contribution in [2.24, 2.45) is 5.92 Å². The van der Waals surface area contributed by atoms with Gasteiger partial charge in [-0.3, -0.25) is 19.4 Å². The van der Waals surface area contributed by atoms with Crippen LogP contribution < -0.4 is 4.74 Å². The summed E-state index contributed by atoms with van der Waals surface area (Å²) in [6.07, 6.45) is 4.57. The van der Waals surface area contributed by atoms with Crippen molar-refractivity contribution in [2.75, 3.05) is 27.2 Å². The molecule has 3 heterocycles. The zero-order chi connectivity index (χ0) is 25.7. The second-order valence-corrected chi connectivity index (χ2v) is 9.83. The topological polar surface area (TPSA) is 63.5 Å². The molecular formula is C29H39N5O2. The maximum atomic E-state index is 13.4. The first-order valence-electron chi connectivity index (χ1n) is 13.0. The van der Waals surface area contributed by atoms with Crippen molar-refractivity contribution in [3.8, 4) is 5.75 Å². The van der Waals surface area contributed by atoms with Gasteiger partial charge in [0.15, 0.2) is 0 Å². The Balaban J connectivity index is 1.49. The predicted octanol–water partition coefficient (Wildman–Crippen LogP) is 4.52. The summed E-state index contributed by atoms with van der Waals surface area (Å²) < 4.78 is 7.55. The highest BCUT2D eigenvalue weighted by molar-refractivity contribution is 5.92. The van der Waals surface area contributed by atoms with Crippen LogP contribution in [0.2, 0.25) is 0 Å². The lowest BCUT2D eigenvalue weighted by atomic mass is 9.84. The smallest absolute Gasteiger partial charge is 0.272 e. The van der Waals surface area contributed by atoms with E-state index in [4.69, 9.17) is 9.84 Å². The number of likely N-dealkylation sites (N-methyl/N-ethyl adjacent to an activating group) is 1. The third-order valence-electron chi connectivity index (χ3n) is 7.67. The van der Waals surface area contributed by atoms with Crippen molar-refractivity contribution in [3.05, 3.63) is 76.9 Å². The average molecular weight is 490 g/mol. The summed E-state index contributed by atoms with van der Waals surface area (Å²) >= 11 is 0. The summed E-state index contributed by atoms with van der Waals surface area (Å²) in [4.78, 5) is 22.1. The van der Waals surface area contributed by atoms with Gasteiger partial charge in [-0.2, -0.15) is 5.10 Å². The van der Waals surface area contributed by atoms with Crippen molar-refractivity contribution < 1.29 is 9.53 Å². The zero-order valence-electron chi connectivity index (χ0n) is 22.3. The van der Waals surface area contributed by atoms with E-state index in [0.29, 0.717) is 11.6 Å². The van der Waals surface area contributed by atoms with Crippen LogP contribution in [-0.2, 0) is 19.5 Å². The summed E-state index contributed by atoms with van der Waals surface area (Å²) in [5, 5.41) is 4.70. The van der Waals surface area contributed by atoms with E-state index in [1.165, 1.54) is 16.8 Å². The number of hydrogen-bond donors (Lipinski definition) is 0. The number of benzene rings is 1. The van der Waals surface area contributed by atoms with Crippen LogP contribution in [0.3, 0.4) is 0 Å². The summed E-state index contributed by atoms with van der Waals surface area (Å²) in [5.41, 5.74) is 5.43. The number of pyridine rings is 1. The van der Waals surface area contributed by atoms with Crippen molar-refractivity contribution in [3.63, 3.8) is 0 Å². The maximum absolute atomic E-state index is 13.4. The molecule has 0 spiro atoms. The third kappa shape index (κ3) is 5.78. The minimum absolute atomic E-state index is 0.0239. The van der Waals surface area contributed by atoms with E-state index in [9.17, 15) is 4.79 Å². The van der Waals surface area contributed by atoms with E-state index in [-0.39, 0.29) is 11.9 Å². The Morgan fingerprint density at radius 1 is 1.17 bits per heavy atom. The first kappa shape index (κ1) is 25.9. The molecule has 7 nitrogen and oxygen atoms in total. The number of aryl methyl sites for hydroxylation is 2. The SMILES string of the molecule is CCn1nc(C)c(CN2CCC(C(Cc3cccc(OC)c3)N(C)C(=O)c3ccccn3)CC2)c1C. The van der Waals surface area contributed by atoms with Crippen LogP contribution >= 0.6 is 0 Å². The first-order valence-corrected chi connectivity index (χ1v) is 13.0. The molecule has 1 aliphatic rings. The fourth-order valence-electron chi connectivity index (χ4n) is 5.47. The molecule has 0 N–H and O–H groups in total. The normalized spacial score (nSPS) is 15.6. The number of carbonyl (C=O) groups excluding carboxylic acids is 1. The quantitative estimate of drug-likeness (QED) is 0.442. The minimum Gasteiger partial charge on any atom is -0.497 e. The van der Waals surface area contributed by atoms with E-state index < -0.39 is 0 Å². The summed E-state index contributed by atoms with van der Waals surface area (Å²) in [6, 6.07) is 13.8. The molecule has 7 heteroatoms. The second-order valence-electron chi connectivity index (χ2n) is 9.83. The van der Waals surface area contributed by atoms with Gasteiger partial charge in [-0.15, -0.1) is 0 Å².